The Hall–Kier alpha value is -1.76. The van der Waals surface area contributed by atoms with Crippen molar-refractivity contribution < 1.29 is 0 Å². The zero-order valence-corrected chi connectivity index (χ0v) is 22.3. The topological polar surface area (TPSA) is 26.0 Å². The van der Waals surface area contributed by atoms with Gasteiger partial charge in [0.05, 0.1) is 0 Å². The molecule has 0 spiro atoms. The fraction of sp³-hybridized carbons (Fsp3) is 0.625. The molecule has 0 aliphatic heterocycles. The van der Waals surface area contributed by atoms with Gasteiger partial charge >= 0.3 is 0 Å². The molecule has 1 aromatic rings. The highest BCUT2D eigenvalue weighted by Crippen LogP contribution is 2.74. The molecule has 5 rings (SSSR count). The molecular weight excluding hydrogens is 398 g/mol. The van der Waals surface area contributed by atoms with Crippen LogP contribution < -0.4 is 16.2 Å². The predicted molar refractivity (Wildman–Crippen MR) is 143 cm³/mol. The van der Waals surface area contributed by atoms with E-state index in [0.29, 0.717) is 10.8 Å². The van der Waals surface area contributed by atoms with Crippen molar-refractivity contribution >= 4 is 18.3 Å². The molecule has 0 radical (unpaired) electrons. The van der Waals surface area contributed by atoms with Gasteiger partial charge in [0, 0.05) is 11.1 Å². The second-order valence-electron chi connectivity index (χ2n) is 13.6. The lowest BCUT2D eigenvalue weighted by molar-refractivity contribution is -0.154. The van der Waals surface area contributed by atoms with E-state index in [-0.39, 0.29) is 16.2 Å². The largest absolute Gasteiger partial charge is 0.398 e. The van der Waals surface area contributed by atoms with Gasteiger partial charge in [0.25, 0.3) is 0 Å². The molecule has 0 amide bonds. The molecule has 4 aliphatic carbocycles. The molecule has 0 heterocycles. The SMILES string of the molecule is C=C(C)[C@]1(C)CCC2(C)CCC3(C)C4=CC=c5c(cc(=C)c(N)c5C)C4(C)CC[C@@]3(C)C2C1. The number of benzene rings is 1. The quantitative estimate of drug-likeness (QED) is 0.369. The standard InChI is InChI=1S/C32H45N/c1-20(2)29(6)13-12-28(5)14-16-31(8)25-11-10-23-22(4)27(33)21(3)18-24(23)30(25,7)15-17-32(31,9)26(28)19-29/h10-11,18,26H,1,3,12-17,19,33H2,2,4-9H3/t26?,28?,29-,30?,31?,32+/m1/s1. The van der Waals surface area contributed by atoms with Crippen molar-refractivity contribution in [2.24, 2.45) is 27.6 Å². The molecule has 0 aromatic heterocycles. The lowest BCUT2D eigenvalue weighted by Crippen LogP contribution is -2.62. The minimum Gasteiger partial charge on any atom is -0.398 e. The zero-order chi connectivity index (χ0) is 24.2. The van der Waals surface area contributed by atoms with Gasteiger partial charge in [0.15, 0.2) is 0 Å². The number of nitrogens with two attached hydrogens (primary N) is 1. The van der Waals surface area contributed by atoms with E-state index in [1.165, 1.54) is 66.9 Å². The summed E-state index contributed by atoms with van der Waals surface area (Å²) in [6.07, 6.45) is 14.0. The maximum Gasteiger partial charge on any atom is 0.0417 e. The van der Waals surface area contributed by atoms with Crippen LogP contribution >= 0.6 is 0 Å². The summed E-state index contributed by atoms with van der Waals surface area (Å²) < 4.78 is 0. The first-order valence-corrected chi connectivity index (χ1v) is 13.2. The lowest BCUT2D eigenvalue weighted by Gasteiger charge is -2.70. The van der Waals surface area contributed by atoms with Crippen molar-refractivity contribution in [3.63, 3.8) is 0 Å². The second-order valence-corrected chi connectivity index (χ2v) is 13.6. The lowest BCUT2D eigenvalue weighted by atomic mass is 9.34. The smallest absolute Gasteiger partial charge is 0.0417 e. The number of fused-ring (bicyclic) bond motifs is 7. The van der Waals surface area contributed by atoms with Crippen molar-refractivity contribution in [3.05, 3.63) is 51.4 Å². The predicted octanol–water partition coefficient (Wildman–Crippen LogP) is 6.95. The monoisotopic (exact) mass is 443 g/mol. The molecule has 33 heavy (non-hydrogen) atoms. The second kappa shape index (κ2) is 6.67. The molecule has 3 saturated carbocycles. The van der Waals surface area contributed by atoms with Crippen LogP contribution in [0.25, 0.3) is 12.7 Å². The summed E-state index contributed by atoms with van der Waals surface area (Å²) in [5.74, 6) is 0.739. The van der Waals surface area contributed by atoms with Crippen LogP contribution in [0, 0.1) is 34.5 Å². The Morgan fingerprint density at radius 3 is 2.30 bits per heavy atom. The molecular formula is C32H45N. The van der Waals surface area contributed by atoms with Gasteiger partial charge in [-0.15, -0.1) is 0 Å². The normalized spacial score (nSPS) is 43.8. The number of rotatable bonds is 1. The minimum absolute atomic E-state index is 0.0727. The summed E-state index contributed by atoms with van der Waals surface area (Å²) in [5.41, 5.74) is 14.3. The van der Waals surface area contributed by atoms with E-state index in [2.05, 4.69) is 79.8 Å². The third kappa shape index (κ3) is 2.72. The van der Waals surface area contributed by atoms with Crippen LogP contribution in [0.1, 0.15) is 97.6 Å². The third-order valence-electron chi connectivity index (χ3n) is 12.1. The van der Waals surface area contributed by atoms with Gasteiger partial charge in [-0.2, -0.15) is 0 Å². The number of nitrogen functional groups attached to an aromatic ring is 1. The zero-order valence-electron chi connectivity index (χ0n) is 22.3. The maximum atomic E-state index is 6.40. The van der Waals surface area contributed by atoms with Gasteiger partial charge in [-0.05, 0) is 114 Å². The van der Waals surface area contributed by atoms with Gasteiger partial charge in [-0.25, -0.2) is 0 Å². The number of hydrogen-bond donors (Lipinski definition) is 1. The van der Waals surface area contributed by atoms with Crippen LogP contribution in [0.15, 0.2) is 29.9 Å². The summed E-state index contributed by atoms with van der Waals surface area (Å²) in [4.78, 5) is 0. The molecule has 1 nitrogen and oxygen atoms in total. The molecule has 1 aromatic carbocycles. The Labute approximate surface area is 201 Å². The molecule has 0 bridgehead atoms. The van der Waals surface area contributed by atoms with E-state index in [9.17, 15) is 0 Å². The van der Waals surface area contributed by atoms with Gasteiger partial charge in [0.1, 0.15) is 0 Å². The first-order chi connectivity index (χ1) is 15.2. The van der Waals surface area contributed by atoms with Crippen LogP contribution in [-0.2, 0) is 5.41 Å². The highest BCUT2D eigenvalue weighted by atomic mass is 14.7. The Balaban J connectivity index is 1.68. The summed E-state index contributed by atoms with van der Waals surface area (Å²) in [7, 11) is 0. The highest BCUT2D eigenvalue weighted by Gasteiger charge is 2.66. The first kappa shape index (κ1) is 23.0. The third-order valence-corrected chi connectivity index (χ3v) is 12.1. The van der Waals surface area contributed by atoms with Crippen LogP contribution in [0.2, 0.25) is 0 Å². The Morgan fingerprint density at radius 2 is 1.64 bits per heavy atom. The van der Waals surface area contributed by atoms with Crippen molar-refractivity contribution in [1.82, 2.24) is 0 Å². The number of hydrogen-bond acceptors (Lipinski definition) is 1. The molecule has 4 unspecified atom stereocenters. The van der Waals surface area contributed by atoms with E-state index in [1.54, 1.807) is 5.57 Å². The van der Waals surface area contributed by atoms with E-state index in [1.807, 2.05) is 0 Å². The van der Waals surface area contributed by atoms with Crippen molar-refractivity contribution in [2.75, 3.05) is 5.73 Å². The van der Waals surface area contributed by atoms with Crippen LogP contribution in [0.4, 0.5) is 5.69 Å². The average molecular weight is 444 g/mol. The van der Waals surface area contributed by atoms with E-state index in [0.717, 1.165) is 16.8 Å². The summed E-state index contributed by atoms with van der Waals surface area (Å²) >= 11 is 0. The summed E-state index contributed by atoms with van der Waals surface area (Å²) in [5, 5.41) is 2.33. The van der Waals surface area contributed by atoms with Crippen molar-refractivity contribution in [1.29, 1.82) is 0 Å². The summed E-state index contributed by atoms with van der Waals surface area (Å²) in [6.45, 7) is 26.1. The molecule has 1 heteroatoms. The Bertz CT molecular complexity index is 1200. The van der Waals surface area contributed by atoms with Gasteiger partial charge in [-0.1, -0.05) is 71.1 Å². The molecule has 6 atom stereocenters. The molecule has 2 N–H and O–H groups in total. The van der Waals surface area contributed by atoms with E-state index in [4.69, 9.17) is 5.73 Å². The highest BCUT2D eigenvalue weighted by molar-refractivity contribution is 5.63. The fourth-order valence-corrected chi connectivity index (χ4v) is 8.97. The Kier molecular flexibility index (Phi) is 4.65. The Morgan fingerprint density at radius 1 is 0.970 bits per heavy atom. The minimum atomic E-state index is 0.0727. The molecule has 178 valence electrons. The van der Waals surface area contributed by atoms with Gasteiger partial charge < -0.3 is 5.73 Å². The first-order valence-electron chi connectivity index (χ1n) is 13.2. The molecule has 4 aliphatic rings. The average Bonchev–Trinajstić information content (AvgIpc) is 2.75. The van der Waals surface area contributed by atoms with Crippen LogP contribution in [-0.4, -0.2) is 0 Å². The van der Waals surface area contributed by atoms with Gasteiger partial charge in [0.2, 0.25) is 0 Å². The van der Waals surface area contributed by atoms with Crippen molar-refractivity contribution in [2.45, 2.75) is 98.8 Å². The van der Waals surface area contributed by atoms with E-state index >= 15 is 0 Å². The maximum absolute atomic E-state index is 6.40. The number of allylic oxidation sites excluding steroid dienone is 3. The van der Waals surface area contributed by atoms with E-state index < -0.39 is 0 Å². The van der Waals surface area contributed by atoms with Crippen LogP contribution in [0.3, 0.4) is 0 Å². The van der Waals surface area contributed by atoms with Gasteiger partial charge in [-0.3, -0.25) is 0 Å². The molecule has 0 saturated heterocycles. The van der Waals surface area contributed by atoms with Crippen LogP contribution in [0.5, 0.6) is 0 Å². The van der Waals surface area contributed by atoms with Crippen molar-refractivity contribution in [3.8, 4) is 0 Å². The number of anilines is 1. The fourth-order valence-electron chi connectivity index (χ4n) is 8.97. The summed E-state index contributed by atoms with van der Waals surface area (Å²) in [6, 6.07) is 2.30. The molecule has 3 fully saturated rings.